The Morgan fingerprint density at radius 3 is 2.72 bits per heavy atom. The minimum Gasteiger partial charge on any atom is -0.488 e. The Hall–Kier alpha value is -3.67. The number of ether oxygens (including phenoxy) is 1. The van der Waals surface area contributed by atoms with Gasteiger partial charge in [-0.1, -0.05) is 0 Å². The molecule has 1 saturated heterocycles. The van der Waals surface area contributed by atoms with E-state index in [0.29, 0.717) is 30.4 Å². The van der Waals surface area contributed by atoms with Gasteiger partial charge in [0.25, 0.3) is 0 Å². The molecule has 5 rings (SSSR count). The lowest BCUT2D eigenvalue weighted by molar-refractivity contribution is -0.141. The van der Waals surface area contributed by atoms with Crippen LogP contribution in [-0.4, -0.2) is 48.6 Å². The summed E-state index contributed by atoms with van der Waals surface area (Å²) >= 11 is 0. The fourth-order valence-corrected chi connectivity index (χ4v) is 3.41. The van der Waals surface area contributed by atoms with E-state index < -0.39 is 11.9 Å². The number of halogens is 3. The number of alkyl halides is 3. The van der Waals surface area contributed by atoms with Crippen molar-refractivity contribution in [1.29, 1.82) is 0 Å². The van der Waals surface area contributed by atoms with Gasteiger partial charge in [0.1, 0.15) is 18.1 Å². The average Bonchev–Trinajstić information content (AvgIpc) is 3.28. The lowest BCUT2D eigenvalue weighted by Gasteiger charge is -2.27. The zero-order chi connectivity index (χ0) is 22.3. The Morgan fingerprint density at radius 2 is 2.03 bits per heavy atom. The van der Waals surface area contributed by atoms with Crippen LogP contribution in [0.25, 0.3) is 16.8 Å². The summed E-state index contributed by atoms with van der Waals surface area (Å²) in [6, 6.07) is 5.95. The van der Waals surface area contributed by atoms with Gasteiger partial charge in [0.2, 0.25) is 0 Å². The monoisotopic (exact) mass is 444 g/mol. The number of rotatable bonds is 6. The lowest BCUT2D eigenvalue weighted by Crippen LogP contribution is -2.46. The van der Waals surface area contributed by atoms with E-state index in [9.17, 15) is 13.2 Å². The van der Waals surface area contributed by atoms with Gasteiger partial charge in [-0.05, 0) is 25.1 Å². The smallest absolute Gasteiger partial charge is 0.434 e. The second-order valence-electron chi connectivity index (χ2n) is 7.46. The van der Waals surface area contributed by atoms with Gasteiger partial charge in [0.05, 0.1) is 24.1 Å². The van der Waals surface area contributed by atoms with Crippen LogP contribution in [0.1, 0.15) is 12.1 Å². The fraction of sp³-hybridized carbons (Fsp3) is 0.300. The molecule has 1 fully saturated rings. The van der Waals surface area contributed by atoms with Gasteiger partial charge >= 0.3 is 6.18 Å². The van der Waals surface area contributed by atoms with Gasteiger partial charge in [-0.2, -0.15) is 23.4 Å². The third-order valence-corrected chi connectivity index (χ3v) is 5.21. The molecule has 166 valence electrons. The first-order valence-electron chi connectivity index (χ1n) is 9.91. The highest BCUT2D eigenvalue weighted by atomic mass is 19.4. The van der Waals surface area contributed by atoms with Crippen molar-refractivity contribution < 1.29 is 17.9 Å². The maximum atomic E-state index is 12.6. The van der Waals surface area contributed by atoms with Crippen molar-refractivity contribution in [3.63, 3.8) is 0 Å². The van der Waals surface area contributed by atoms with Crippen LogP contribution in [0.2, 0.25) is 0 Å². The van der Waals surface area contributed by atoms with Crippen molar-refractivity contribution in [1.82, 2.24) is 34.7 Å². The third kappa shape index (κ3) is 3.96. The second-order valence-corrected chi connectivity index (χ2v) is 7.46. The van der Waals surface area contributed by atoms with E-state index in [1.807, 2.05) is 19.2 Å². The molecule has 0 spiro atoms. The van der Waals surface area contributed by atoms with E-state index in [0.717, 1.165) is 35.9 Å². The Kier molecular flexibility index (Phi) is 4.93. The largest absolute Gasteiger partial charge is 0.488 e. The second kappa shape index (κ2) is 7.79. The molecule has 0 aliphatic carbocycles. The summed E-state index contributed by atoms with van der Waals surface area (Å²) in [5, 5.41) is 14.9. The SMILES string of the molecule is Cn1ncc(OC[C@H]2CCN2)c1-c1ccn2nc(Nc3cnc(C(F)(F)F)cn3)cc2c1. The molecule has 32 heavy (non-hydrogen) atoms. The first-order valence-corrected chi connectivity index (χ1v) is 9.91. The molecule has 1 atom stereocenters. The van der Waals surface area contributed by atoms with Gasteiger partial charge < -0.3 is 15.4 Å². The maximum Gasteiger partial charge on any atom is 0.434 e. The van der Waals surface area contributed by atoms with Gasteiger partial charge in [0, 0.05) is 30.9 Å². The summed E-state index contributed by atoms with van der Waals surface area (Å²) in [5.41, 5.74) is 1.47. The van der Waals surface area contributed by atoms with Gasteiger partial charge in [-0.3, -0.25) is 4.68 Å². The van der Waals surface area contributed by atoms with Crippen LogP contribution in [0, 0.1) is 0 Å². The number of hydrogen-bond acceptors (Lipinski definition) is 7. The molecule has 4 aromatic heterocycles. The van der Waals surface area contributed by atoms with Crippen LogP contribution in [0.4, 0.5) is 24.8 Å². The number of aromatic nitrogens is 6. The molecule has 0 amide bonds. The molecule has 0 saturated carbocycles. The quantitative estimate of drug-likeness (QED) is 0.472. The molecule has 0 bridgehead atoms. The first-order chi connectivity index (χ1) is 15.4. The molecule has 1 aliphatic rings. The van der Waals surface area contributed by atoms with E-state index >= 15 is 0 Å². The van der Waals surface area contributed by atoms with Crippen LogP contribution in [0.5, 0.6) is 5.75 Å². The normalized spacial score (nSPS) is 16.2. The van der Waals surface area contributed by atoms with Gasteiger partial charge in [0.15, 0.2) is 17.3 Å². The Morgan fingerprint density at radius 1 is 1.19 bits per heavy atom. The van der Waals surface area contributed by atoms with E-state index in [2.05, 4.69) is 30.8 Å². The van der Waals surface area contributed by atoms with E-state index in [-0.39, 0.29) is 5.82 Å². The summed E-state index contributed by atoms with van der Waals surface area (Å²) < 4.78 is 47.3. The zero-order valence-electron chi connectivity index (χ0n) is 17.0. The minimum atomic E-state index is -4.53. The zero-order valence-corrected chi connectivity index (χ0v) is 17.0. The van der Waals surface area contributed by atoms with E-state index in [1.54, 1.807) is 27.7 Å². The number of anilines is 2. The molecule has 0 unspecified atom stereocenters. The van der Waals surface area contributed by atoms with Crippen molar-refractivity contribution in [2.24, 2.45) is 7.05 Å². The van der Waals surface area contributed by atoms with Gasteiger partial charge in [-0.25, -0.2) is 14.5 Å². The van der Waals surface area contributed by atoms with Crippen molar-refractivity contribution in [2.75, 3.05) is 18.5 Å². The summed E-state index contributed by atoms with van der Waals surface area (Å²) in [5.74, 6) is 1.28. The van der Waals surface area contributed by atoms with Gasteiger partial charge in [-0.15, -0.1) is 0 Å². The van der Waals surface area contributed by atoms with Crippen LogP contribution < -0.4 is 15.4 Å². The molecule has 5 heterocycles. The Balaban J connectivity index is 1.37. The highest BCUT2D eigenvalue weighted by Crippen LogP contribution is 2.31. The highest BCUT2D eigenvalue weighted by molar-refractivity contribution is 5.72. The summed E-state index contributed by atoms with van der Waals surface area (Å²) in [4.78, 5) is 7.16. The fourth-order valence-electron chi connectivity index (χ4n) is 3.41. The van der Waals surface area contributed by atoms with Crippen LogP contribution in [-0.2, 0) is 13.2 Å². The molecule has 9 nitrogen and oxygen atoms in total. The summed E-state index contributed by atoms with van der Waals surface area (Å²) in [6.45, 7) is 1.59. The molecule has 0 radical (unpaired) electrons. The van der Waals surface area contributed by atoms with Crippen molar-refractivity contribution in [3.8, 4) is 17.0 Å². The molecule has 0 aromatic carbocycles. The predicted octanol–water partition coefficient (Wildman–Crippen LogP) is 3.03. The van der Waals surface area contributed by atoms with Crippen molar-refractivity contribution in [2.45, 2.75) is 18.6 Å². The van der Waals surface area contributed by atoms with E-state index in [1.165, 1.54) is 0 Å². The van der Waals surface area contributed by atoms with Crippen molar-refractivity contribution in [3.05, 3.63) is 48.7 Å². The van der Waals surface area contributed by atoms with Crippen molar-refractivity contribution >= 4 is 17.2 Å². The molecule has 12 heteroatoms. The molecule has 2 N–H and O–H groups in total. The van der Waals surface area contributed by atoms with E-state index in [4.69, 9.17) is 4.74 Å². The summed E-state index contributed by atoms with van der Waals surface area (Å²) in [6.07, 6.45) is 1.75. The lowest BCUT2D eigenvalue weighted by atomic mass is 10.1. The predicted molar refractivity (Wildman–Crippen MR) is 110 cm³/mol. The number of hydrogen-bond donors (Lipinski definition) is 2. The minimum absolute atomic E-state index is 0.161. The number of aryl methyl sites for hydroxylation is 1. The Bertz CT molecular complexity index is 1240. The number of pyridine rings is 1. The molecule has 4 aromatic rings. The molecule has 1 aliphatic heterocycles. The summed E-state index contributed by atoms with van der Waals surface area (Å²) in [7, 11) is 1.85. The number of fused-ring (bicyclic) bond motifs is 1. The standard InChI is InChI=1S/C20H19F3N8O/c1-30-19(15(8-27-30)32-11-13-2-4-24-13)12-3-5-31-14(6-12)7-17(29-31)28-18-10-25-16(9-26-18)20(21,22)23/h3,5-10,13,24H,2,4,11H2,1H3,(H,26,28,29)/t13-/m1/s1. The third-order valence-electron chi connectivity index (χ3n) is 5.21. The number of nitrogens with zero attached hydrogens (tertiary/aromatic N) is 6. The molecular weight excluding hydrogens is 425 g/mol. The van der Waals surface area contributed by atoms with Crippen LogP contribution in [0.3, 0.4) is 0 Å². The maximum absolute atomic E-state index is 12.6. The topological polar surface area (TPSA) is 94.2 Å². The first kappa shape index (κ1) is 20.2. The Labute approximate surface area is 180 Å². The highest BCUT2D eigenvalue weighted by Gasteiger charge is 2.32. The average molecular weight is 444 g/mol. The number of nitrogens with one attached hydrogen (secondary N) is 2. The van der Waals surface area contributed by atoms with Crippen LogP contribution >= 0.6 is 0 Å². The molecular formula is C20H19F3N8O. The van der Waals surface area contributed by atoms with Crippen LogP contribution in [0.15, 0.2) is 43.0 Å².